The van der Waals surface area contributed by atoms with Crippen LogP contribution in [0.15, 0.2) is 58.1 Å². The van der Waals surface area contributed by atoms with Gasteiger partial charge in [0.15, 0.2) is 11.2 Å². The van der Waals surface area contributed by atoms with Crippen molar-refractivity contribution >= 4 is 46.8 Å². The minimum atomic E-state index is -3.91. The molecule has 0 aliphatic heterocycles. The van der Waals surface area contributed by atoms with Crippen molar-refractivity contribution in [3.63, 3.8) is 0 Å². The molecule has 0 saturated carbocycles. The van der Waals surface area contributed by atoms with E-state index in [1.165, 1.54) is 6.33 Å². The van der Waals surface area contributed by atoms with Crippen molar-refractivity contribution < 1.29 is 32.6 Å². The number of aromatic amines is 1. The molecular formula is C25H27BrN5O8P. The van der Waals surface area contributed by atoms with Gasteiger partial charge in [0.1, 0.15) is 12.1 Å². The van der Waals surface area contributed by atoms with E-state index >= 15 is 0 Å². The van der Waals surface area contributed by atoms with Crippen LogP contribution in [0.2, 0.25) is 0 Å². The van der Waals surface area contributed by atoms with E-state index in [9.17, 15) is 14.2 Å². The number of benzene rings is 2. The Morgan fingerprint density at radius 2 is 1.93 bits per heavy atom. The summed E-state index contributed by atoms with van der Waals surface area (Å²) in [5.41, 5.74) is 8.34. The molecule has 212 valence electrons. The van der Waals surface area contributed by atoms with Crippen molar-refractivity contribution in [3.8, 4) is 5.75 Å². The van der Waals surface area contributed by atoms with Gasteiger partial charge in [0.05, 0.1) is 19.5 Å². The zero-order valence-corrected chi connectivity index (χ0v) is 24.1. The monoisotopic (exact) mass is 635 g/mol. The van der Waals surface area contributed by atoms with Crippen molar-refractivity contribution in [1.29, 1.82) is 0 Å². The standard InChI is InChI=1S/C25H27BrN5O8P/c1-16-3-7-19(8-4-16)39-25(33)36-14-38-40(34,37-12-18-6-5-17(2)20(26)11-18)15-35-10-9-31-13-28-21-22(31)29-24(27)30-23(21)32/h3-8,11,13H,9-10,12,14-15H2,1-2H3,(H3,27,29,30,32). The van der Waals surface area contributed by atoms with Crippen molar-refractivity contribution in [2.24, 2.45) is 0 Å². The van der Waals surface area contributed by atoms with E-state index in [0.29, 0.717) is 0 Å². The van der Waals surface area contributed by atoms with Crippen LogP contribution in [0.25, 0.3) is 11.2 Å². The topological polar surface area (TPSA) is 170 Å². The maximum atomic E-state index is 13.5. The molecule has 1 atom stereocenters. The number of ether oxygens (including phenoxy) is 3. The van der Waals surface area contributed by atoms with E-state index in [2.05, 4.69) is 30.9 Å². The Labute approximate surface area is 237 Å². The van der Waals surface area contributed by atoms with Gasteiger partial charge < -0.3 is 29.0 Å². The molecule has 40 heavy (non-hydrogen) atoms. The third-order valence-corrected chi connectivity index (χ3v) is 7.91. The summed E-state index contributed by atoms with van der Waals surface area (Å²) in [7, 11) is -3.91. The lowest BCUT2D eigenvalue weighted by atomic mass is 10.2. The predicted octanol–water partition coefficient (Wildman–Crippen LogP) is 4.65. The highest BCUT2D eigenvalue weighted by Crippen LogP contribution is 2.49. The van der Waals surface area contributed by atoms with Crippen molar-refractivity contribution in [3.05, 3.63) is 80.3 Å². The number of fused-ring (bicyclic) bond motifs is 1. The third-order valence-electron chi connectivity index (χ3n) is 5.53. The maximum absolute atomic E-state index is 13.5. The molecule has 3 N–H and O–H groups in total. The average molecular weight is 636 g/mol. The number of nitrogens with two attached hydrogens (primary N) is 1. The molecule has 0 bridgehead atoms. The number of rotatable bonds is 12. The van der Waals surface area contributed by atoms with Crippen LogP contribution in [0, 0.1) is 13.8 Å². The zero-order valence-electron chi connectivity index (χ0n) is 21.7. The zero-order chi connectivity index (χ0) is 28.7. The van der Waals surface area contributed by atoms with Gasteiger partial charge in [-0.15, -0.1) is 0 Å². The Morgan fingerprint density at radius 3 is 2.67 bits per heavy atom. The molecule has 0 radical (unpaired) electrons. The highest BCUT2D eigenvalue weighted by molar-refractivity contribution is 9.10. The number of nitrogens with one attached hydrogen (secondary N) is 1. The van der Waals surface area contributed by atoms with Crippen molar-refractivity contribution in [2.75, 3.05) is 25.5 Å². The highest BCUT2D eigenvalue weighted by Gasteiger charge is 2.27. The molecule has 4 rings (SSSR count). The van der Waals surface area contributed by atoms with E-state index in [-0.39, 0.29) is 42.6 Å². The molecule has 0 spiro atoms. The molecule has 0 aliphatic carbocycles. The molecule has 2 heterocycles. The van der Waals surface area contributed by atoms with E-state index in [4.69, 9.17) is 29.0 Å². The van der Waals surface area contributed by atoms with Crippen LogP contribution in [0.1, 0.15) is 16.7 Å². The summed E-state index contributed by atoms with van der Waals surface area (Å²) in [5.74, 6) is 0.240. The molecular weight excluding hydrogens is 609 g/mol. The number of hydrogen-bond donors (Lipinski definition) is 2. The van der Waals surface area contributed by atoms with Gasteiger partial charge in [0, 0.05) is 11.0 Å². The molecule has 0 aliphatic rings. The van der Waals surface area contributed by atoms with Gasteiger partial charge in [-0.3, -0.25) is 18.9 Å². The SMILES string of the molecule is Cc1ccc(OC(=O)OCOP(=O)(COCCn2cnc3c(=O)[nH]c(N)nc32)OCc2ccc(C)c(Br)c2)cc1. The number of nitrogens with zero attached hydrogens (tertiary/aromatic N) is 3. The number of aryl methyl sites for hydroxylation is 2. The highest BCUT2D eigenvalue weighted by atomic mass is 79.9. The summed E-state index contributed by atoms with van der Waals surface area (Å²) >= 11 is 3.46. The summed E-state index contributed by atoms with van der Waals surface area (Å²) in [6.45, 7) is 3.36. The molecule has 0 fully saturated rings. The Kier molecular flexibility index (Phi) is 9.71. The molecule has 4 aromatic rings. The summed E-state index contributed by atoms with van der Waals surface area (Å²) in [6, 6.07) is 12.3. The fourth-order valence-electron chi connectivity index (χ4n) is 3.37. The molecule has 2 aromatic carbocycles. The van der Waals surface area contributed by atoms with Crippen molar-refractivity contribution in [1.82, 2.24) is 19.5 Å². The third kappa shape index (κ3) is 7.99. The van der Waals surface area contributed by atoms with Crippen LogP contribution in [0.5, 0.6) is 5.75 Å². The first kappa shape index (κ1) is 29.4. The minimum Gasteiger partial charge on any atom is -0.406 e. The first-order chi connectivity index (χ1) is 19.1. The number of imidazole rings is 1. The van der Waals surface area contributed by atoms with Gasteiger partial charge in [0.25, 0.3) is 5.56 Å². The van der Waals surface area contributed by atoms with Gasteiger partial charge in [-0.1, -0.05) is 45.8 Å². The Bertz CT molecular complexity index is 1590. The summed E-state index contributed by atoms with van der Waals surface area (Å²) in [6.07, 6.45) is -0.0583. The fraction of sp³-hybridized carbons (Fsp3) is 0.280. The lowest BCUT2D eigenvalue weighted by Gasteiger charge is -2.19. The number of carbonyl (C=O) groups excluding carboxylic acids is 1. The van der Waals surface area contributed by atoms with Crippen LogP contribution >= 0.6 is 23.5 Å². The molecule has 15 heteroatoms. The first-order valence-electron chi connectivity index (χ1n) is 11.9. The summed E-state index contributed by atoms with van der Waals surface area (Å²) < 4.78 is 42.5. The number of carbonyl (C=O) groups is 1. The van der Waals surface area contributed by atoms with Crippen LogP contribution < -0.4 is 16.0 Å². The molecule has 2 aromatic heterocycles. The van der Waals surface area contributed by atoms with Crippen LogP contribution in [0.4, 0.5) is 10.7 Å². The number of aromatic nitrogens is 4. The molecule has 1 unspecified atom stereocenters. The molecule has 0 amide bonds. The summed E-state index contributed by atoms with van der Waals surface area (Å²) in [4.78, 5) is 34.5. The van der Waals surface area contributed by atoms with Crippen LogP contribution in [-0.2, 0) is 36.2 Å². The predicted molar refractivity (Wildman–Crippen MR) is 149 cm³/mol. The van der Waals surface area contributed by atoms with Crippen LogP contribution in [-0.4, -0.2) is 45.4 Å². The van der Waals surface area contributed by atoms with Gasteiger partial charge >= 0.3 is 13.8 Å². The van der Waals surface area contributed by atoms with E-state index < -0.39 is 32.5 Å². The average Bonchev–Trinajstić information content (AvgIpc) is 3.32. The number of H-pyrrole nitrogens is 1. The van der Waals surface area contributed by atoms with Gasteiger partial charge in [-0.25, -0.2) is 9.78 Å². The lowest BCUT2D eigenvalue weighted by Crippen LogP contribution is -2.15. The first-order valence-corrected chi connectivity index (χ1v) is 14.5. The Balaban J connectivity index is 1.35. The van der Waals surface area contributed by atoms with E-state index in [1.54, 1.807) is 28.8 Å². The second-order valence-corrected chi connectivity index (χ2v) is 11.5. The second-order valence-electron chi connectivity index (χ2n) is 8.62. The maximum Gasteiger partial charge on any atom is 0.515 e. The largest absolute Gasteiger partial charge is 0.515 e. The number of halogens is 1. The minimum absolute atomic E-state index is 0.0446. The Hall–Kier alpha value is -3.55. The lowest BCUT2D eigenvalue weighted by molar-refractivity contribution is 0.0154. The van der Waals surface area contributed by atoms with Crippen molar-refractivity contribution in [2.45, 2.75) is 27.0 Å². The number of hydrogen-bond acceptors (Lipinski definition) is 11. The van der Waals surface area contributed by atoms with E-state index in [0.717, 1.165) is 21.2 Å². The van der Waals surface area contributed by atoms with Gasteiger partial charge in [-0.05, 0) is 43.2 Å². The number of anilines is 1. The summed E-state index contributed by atoms with van der Waals surface area (Å²) in [5, 5.41) is 0. The van der Waals surface area contributed by atoms with Crippen LogP contribution in [0.3, 0.4) is 0 Å². The fourth-order valence-corrected chi connectivity index (χ4v) is 4.93. The molecule has 0 saturated heterocycles. The van der Waals surface area contributed by atoms with Gasteiger partial charge in [-0.2, -0.15) is 4.98 Å². The Morgan fingerprint density at radius 1 is 1.15 bits per heavy atom. The van der Waals surface area contributed by atoms with E-state index in [1.807, 2.05) is 32.0 Å². The normalized spacial score (nSPS) is 12.8. The second kappa shape index (κ2) is 13.2. The number of nitrogen functional groups attached to an aromatic ring is 1. The molecule has 13 nitrogen and oxygen atoms in total. The quantitative estimate of drug-likeness (QED) is 0.0729. The van der Waals surface area contributed by atoms with Gasteiger partial charge in [0.2, 0.25) is 12.7 Å². The smallest absolute Gasteiger partial charge is 0.406 e.